The zero-order valence-electron chi connectivity index (χ0n) is 25.6. The molecular formula is C33H30F6N2O5. The van der Waals surface area contributed by atoms with E-state index < -0.39 is 85.9 Å². The number of hydrogen-bond acceptors (Lipinski definition) is 5. The molecule has 0 saturated carbocycles. The van der Waals surface area contributed by atoms with Gasteiger partial charge in [-0.1, -0.05) is 59.7 Å². The van der Waals surface area contributed by atoms with Crippen LogP contribution in [0.2, 0.25) is 0 Å². The van der Waals surface area contributed by atoms with Gasteiger partial charge in [0, 0.05) is 0 Å². The Bertz CT molecular complexity index is 1750. The summed E-state index contributed by atoms with van der Waals surface area (Å²) in [6, 6.07) is 7.05. The van der Waals surface area contributed by atoms with Crippen molar-refractivity contribution in [1.82, 2.24) is 5.32 Å². The first-order valence-corrected chi connectivity index (χ1v) is 14.0. The van der Waals surface area contributed by atoms with E-state index in [1.807, 2.05) is 26.1 Å². The summed E-state index contributed by atoms with van der Waals surface area (Å²) in [5, 5.41) is 12.3. The van der Waals surface area contributed by atoms with Crippen molar-refractivity contribution >= 4 is 29.3 Å². The third kappa shape index (κ3) is 5.51. The van der Waals surface area contributed by atoms with Gasteiger partial charge in [-0.2, -0.15) is 26.3 Å². The van der Waals surface area contributed by atoms with Crippen LogP contribution in [-0.4, -0.2) is 41.1 Å². The normalized spacial score (nSPS) is 15.1. The highest BCUT2D eigenvalue weighted by Gasteiger charge is 2.73. The van der Waals surface area contributed by atoms with Gasteiger partial charge in [-0.3, -0.25) is 24.5 Å². The van der Waals surface area contributed by atoms with E-state index >= 15 is 0 Å². The summed E-state index contributed by atoms with van der Waals surface area (Å²) in [6.07, 6.45) is -12.1. The van der Waals surface area contributed by atoms with Crippen LogP contribution in [0, 0.1) is 5.92 Å². The first kappa shape index (κ1) is 34.2. The minimum absolute atomic E-state index is 0.289. The van der Waals surface area contributed by atoms with Crippen molar-refractivity contribution in [2.75, 3.05) is 4.90 Å². The van der Waals surface area contributed by atoms with Gasteiger partial charge in [-0.05, 0) is 64.4 Å². The van der Waals surface area contributed by atoms with Crippen LogP contribution in [0.4, 0.5) is 32.0 Å². The molecule has 2 aliphatic rings. The third-order valence-corrected chi connectivity index (χ3v) is 7.42. The summed E-state index contributed by atoms with van der Waals surface area (Å²) in [5.41, 5.74) is -10.1. The molecule has 5 rings (SSSR count). The van der Waals surface area contributed by atoms with Gasteiger partial charge in [0.1, 0.15) is 5.75 Å². The van der Waals surface area contributed by atoms with E-state index in [9.17, 15) is 50.6 Å². The Morgan fingerprint density at radius 3 is 1.57 bits per heavy atom. The van der Waals surface area contributed by atoms with Crippen molar-refractivity contribution in [3.05, 3.63) is 93.5 Å². The predicted molar refractivity (Wildman–Crippen MR) is 156 cm³/mol. The number of aromatic hydroxyl groups is 1. The fourth-order valence-electron chi connectivity index (χ4n) is 5.25. The molecule has 0 aliphatic carbocycles. The number of nitrogens with one attached hydrogen (secondary N) is 1. The van der Waals surface area contributed by atoms with Crippen LogP contribution in [0.15, 0.2) is 54.6 Å². The lowest BCUT2D eigenvalue weighted by atomic mass is 9.71. The lowest BCUT2D eigenvalue weighted by molar-refractivity contribution is -0.288. The summed E-state index contributed by atoms with van der Waals surface area (Å²) in [7, 11) is 0. The quantitative estimate of drug-likeness (QED) is 0.227. The van der Waals surface area contributed by atoms with Crippen molar-refractivity contribution in [3.63, 3.8) is 0 Å². The number of phenolic OH excluding ortho intramolecular Hbond substituents is 1. The molecular weight excluding hydrogens is 618 g/mol. The Balaban J connectivity index is 0.00000113. The molecule has 2 N–H and O–H groups in total. The number of amides is 4. The number of benzene rings is 3. The molecule has 0 fully saturated rings. The van der Waals surface area contributed by atoms with Crippen LogP contribution in [0.3, 0.4) is 0 Å². The second-order valence-electron chi connectivity index (χ2n) is 12.7. The minimum Gasteiger partial charge on any atom is -0.506 e. The monoisotopic (exact) mass is 648 g/mol. The fourth-order valence-corrected chi connectivity index (χ4v) is 5.25. The van der Waals surface area contributed by atoms with Gasteiger partial charge in [-0.15, -0.1) is 0 Å². The van der Waals surface area contributed by atoms with Gasteiger partial charge >= 0.3 is 12.4 Å². The number of rotatable bonds is 3. The van der Waals surface area contributed by atoms with Crippen molar-refractivity contribution in [2.45, 2.75) is 64.7 Å². The Morgan fingerprint density at radius 2 is 1.07 bits per heavy atom. The van der Waals surface area contributed by atoms with E-state index in [1.165, 1.54) is 12.1 Å². The third-order valence-electron chi connectivity index (χ3n) is 7.42. The Hall–Kier alpha value is -4.68. The Morgan fingerprint density at radius 1 is 0.630 bits per heavy atom. The molecule has 3 aromatic carbocycles. The summed E-state index contributed by atoms with van der Waals surface area (Å²) < 4.78 is 88.6. The molecule has 4 amide bonds. The molecule has 2 heterocycles. The number of nitrogens with zero attached hydrogens (tertiary/aromatic N) is 1. The van der Waals surface area contributed by atoms with Gasteiger partial charge < -0.3 is 5.11 Å². The topological polar surface area (TPSA) is 104 Å². The molecule has 0 radical (unpaired) electrons. The molecule has 46 heavy (non-hydrogen) atoms. The molecule has 7 nitrogen and oxygen atoms in total. The standard InChI is InChI=1S/C29H20F6N2O5.C4H10/c1-26(2,3)13-6-9-21(38)20(12-13)37-24(41)17-8-5-15(11-19(17)25(37)42)27(28(30,31)32,29(33,34)35)14-4-7-16-18(10-14)23(40)36-22(16)39;1-4(2)3/h4-12,38H,1-3H3,(H,36,39,40);4H,1-3H3. The van der Waals surface area contributed by atoms with Crippen LogP contribution in [0.1, 0.15) is 99.7 Å². The molecule has 13 heteroatoms. The highest BCUT2D eigenvalue weighted by molar-refractivity contribution is 6.35. The summed E-state index contributed by atoms with van der Waals surface area (Å²) in [6.45, 7) is 11.9. The lowest BCUT2D eigenvalue weighted by Gasteiger charge is -2.38. The molecule has 0 aromatic heterocycles. The number of carbonyl (C=O) groups excluding carboxylic acids is 4. The van der Waals surface area contributed by atoms with Gasteiger partial charge in [0.25, 0.3) is 23.6 Å². The van der Waals surface area contributed by atoms with Crippen LogP contribution in [0.5, 0.6) is 5.75 Å². The van der Waals surface area contributed by atoms with Crippen LogP contribution >= 0.6 is 0 Å². The Kier molecular flexibility index (Phi) is 8.39. The van der Waals surface area contributed by atoms with Gasteiger partial charge in [0.05, 0.1) is 27.9 Å². The second-order valence-corrected chi connectivity index (χ2v) is 12.7. The second kappa shape index (κ2) is 11.3. The largest absolute Gasteiger partial charge is 0.506 e. The maximum atomic E-state index is 14.8. The van der Waals surface area contributed by atoms with Crippen molar-refractivity contribution in [2.24, 2.45) is 5.92 Å². The van der Waals surface area contributed by atoms with E-state index in [-0.39, 0.29) is 5.69 Å². The van der Waals surface area contributed by atoms with E-state index in [2.05, 4.69) is 20.8 Å². The summed E-state index contributed by atoms with van der Waals surface area (Å²) in [4.78, 5) is 51.1. The van der Waals surface area contributed by atoms with Crippen LogP contribution in [-0.2, 0) is 10.8 Å². The highest BCUT2D eigenvalue weighted by Crippen LogP contribution is 2.57. The number of anilines is 1. The zero-order valence-corrected chi connectivity index (χ0v) is 25.6. The van der Waals surface area contributed by atoms with E-state index in [4.69, 9.17) is 0 Å². The smallest absolute Gasteiger partial charge is 0.411 e. The number of alkyl halides is 6. The SMILES string of the molecule is CC(C)(C)c1ccc(O)c(N2C(=O)c3ccc(C(c4ccc5c(c4)C(=O)NC5=O)(C(F)(F)F)C(F)(F)F)cc3C2=O)c1.CC(C)C. The first-order valence-electron chi connectivity index (χ1n) is 14.0. The predicted octanol–water partition coefficient (Wildman–Crippen LogP) is 7.45. The molecule has 0 atom stereocenters. The maximum Gasteiger partial charge on any atom is 0.411 e. The fraction of sp³-hybridized carbons (Fsp3) is 0.333. The summed E-state index contributed by atoms with van der Waals surface area (Å²) >= 11 is 0. The molecule has 3 aromatic rings. The van der Waals surface area contributed by atoms with Gasteiger partial charge in [0.15, 0.2) is 0 Å². The maximum absolute atomic E-state index is 14.8. The minimum atomic E-state index is -6.07. The number of halogens is 6. The molecule has 0 bridgehead atoms. The van der Waals surface area contributed by atoms with Crippen molar-refractivity contribution in [3.8, 4) is 5.75 Å². The first-order chi connectivity index (χ1) is 21.0. The lowest BCUT2D eigenvalue weighted by Crippen LogP contribution is -2.55. The number of hydrogen-bond donors (Lipinski definition) is 2. The molecule has 0 unspecified atom stereocenters. The summed E-state index contributed by atoms with van der Waals surface area (Å²) in [5.74, 6) is -4.12. The molecule has 0 saturated heterocycles. The van der Waals surface area contributed by atoms with Crippen LogP contribution in [0.25, 0.3) is 0 Å². The number of imide groups is 2. The number of fused-ring (bicyclic) bond motifs is 2. The van der Waals surface area contributed by atoms with E-state index in [1.54, 1.807) is 6.07 Å². The average molecular weight is 649 g/mol. The average Bonchev–Trinajstić information content (AvgIpc) is 3.33. The number of phenols is 1. The van der Waals surface area contributed by atoms with E-state index in [0.29, 0.717) is 46.9 Å². The van der Waals surface area contributed by atoms with Gasteiger partial charge in [-0.25, -0.2) is 4.90 Å². The Labute approximate surface area is 260 Å². The van der Waals surface area contributed by atoms with Crippen LogP contribution < -0.4 is 10.2 Å². The number of carbonyl (C=O) groups is 4. The highest BCUT2D eigenvalue weighted by atomic mass is 19.4. The molecule has 244 valence electrons. The zero-order chi connectivity index (χ0) is 34.7. The van der Waals surface area contributed by atoms with Crippen molar-refractivity contribution < 1.29 is 50.6 Å². The molecule has 2 aliphatic heterocycles. The van der Waals surface area contributed by atoms with Gasteiger partial charge in [0.2, 0.25) is 5.41 Å². The molecule has 0 spiro atoms. The van der Waals surface area contributed by atoms with E-state index in [0.717, 1.165) is 5.92 Å². The van der Waals surface area contributed by atoms with Crippen molar-refractivity contribution in [1.29, 1.82) is 0 Å².